The fourth-order valence-electron chi connectivity index (χ4n) is 1.40. The van der Waals surface area contributed by atoms with Crippen molar-refractivity contribution < 1.29 is 14.6 Å². The summed E-state index contributed by atoms with van der Waals surface area (Å²) in [6, 6.07) is 3.90. The standard InChI is InChI=1S/C12H16O3S/c1-8-9(2)11(5-4-10(8)15-3)16-7-6-12(13)14/h4-5H,6-7H2,1-3H3,(H,13,14). The van der Waals surface area contributed by atoms with E-state index < -0.39 is 5.97 Å². The second kappa shape index (κ2) is 5.80. The maximum Gasteiger partial charge on any atom is 0.304 e. The molecule has 0 aromatic heterocycles. The molecule has 0 aliphatic heterocycles. The number of benzene rings is 1. The molecule has 4 heteroatoms. The van der Waals surface area contributed by atoms with E-state index >= 15 is 0 Å². The van der Waals surface area contributed by atoms with Crippen LogP contribution >= 0.6 is 11.8 Å². The predicted octanol–water partition coefficient (Wildman–Crippen LogP) is 2.88. The first-order chi connectivity index (χ1) is 7.56. The number of carboxylic acids is 1. The number of rotatable bonds is 5. The normalized spacial score (nSPS) is 10.2. The van der Waals surface area contributed by atoms with E-state index in [0.29, 0.717) is 5.75 Å². The van der Waals surface area contributed by atoms with Crippen LogP contribution in [0.5, 0.6) is 5.75 Å². The van der Waals surface area contributed by atoms with Crippen LogP contribution < -0.4 is 4.74 Å². The highest BCUT2D eigenvalue weighted by Crippen LogP contribution is 2.30. The van der Waals surface area contributed by atoms with Crippen molar-refractivity contribution in [1.82, 2.24) is 0 Å². The van der Waals surface area contributed by atoms with Crippen LogP contribution in [0.3, 0.4) is 0 Å². The maximum atomic E-state index is 10.4. The molecule has 0 aliphatic rings. The second-order valence-corrected chi connectivity index (χ2v) is 4.64. The summed E-state index contributed by atoms with van der Waals surface area (Å²) >= 11 is 1.57. The van der Waals surface area contributed by atoms with E-state index in [1.807, 2.05) is 26.0 Å². The van der Waals surface area contributed by atoms with Gasteiger partial charge in [-0.3, -0.25) is 4.79 Å². The lowest BCUT2D eigenvalue weighted by Crippen LogP contribution is -1.97. The quantitative estimate of drug-likeness (QED) is 0.804. The second-order valence-electron chi connectivity index (χ2n) is 3.51. The Bertz CT molecular complexity index is 388. The number of hydrogen-bond acceptors (Lipinski definition) is 3. The molecule has 0 spiro atoms. The van der Waals surface area contributed by atoms with Gasteiger partial charge in [0.2, 0.25) is 0 Å². The minimum Gasteiger partial charge on any atom is -0.496 e. The van der Waals surface area contributed by atoms with Crippen LogP contribution in [0.1, 0.15) is 17.5 Å². The Balaban J connectivity index is 2.74. The Hall–Kier alpha value is -1.16. The molecule has 0 atom stereocenters. The number of carboxylic acid groups (broad SMARTS) is 1. The number of hydrogen-bond donors (Lipinski definition) is 1. The zero-order chi connectivity index (χ0) is 12.1. The average molecular weight is 240 g/mol. The van der Waals surface area contributed by atoms with Gasteiger partial charge in [0.05, 0.1) is 13.5 Å². The summed E-state index contributed by atoms with van der Waals surface area (Å²) in [5.41, 5.74) is 2.28. The van der Waals surface area contributed by atoms with Crippen molar-refractivity contribution in [3.05, 3.63) is 23.3 Å². The van der Waals surface area contributed by atoms with Crippen LogP contribution in [0.15, 0.2) is 17.0 Å². The van der Waals surface area contributed by atoms with Crippen molar-refractivity contribution in [3.63, 3.8) is 0 Å². The highest BCUT2D eigenvalue weighted by molar-refractivity contribution is 7.99. The third kappa shape index (κ3) is 3.17. The first-order valence-corrected chi connectivity index (χ1v) is 6.03. The van der Waals surface area contributed by atoms with Crippen molar-refractivity contribution in [1.29, 1.82) is 0 Å². The zero-order valence-electron chi connectivity index (χ0n) is 9.74. The molecule has 16 heavy (non-hydrogen) atoms. The van der Waals surface area contributed by atoms with Gasteiger partial charge in [-0.1, -0.05) is 0 Å². The van der Waals surface area contributed by atoms with Crippen LogP contribution in [-0.2, 0) is 4.79 Å². The number of ether oxygens (including phenoxy) is 1. The van der Waals surface area contributed by atoms with E-state index in [-0.39, 0.29) is 6.42 Å². The molecule has 0 fully saturated rings. The summed E-state index contributed by atoms with van der Waals surface area (Å²) in [5, 5.41) is 8.56. The van der Waals surface area contributed by atoms with Crippen molar-refractivity contribution in [2.75, 3.05) is 12.9 Å². The average Bonchev–Trinajstić information content (AvgIpc) is 2.24. The van der Waals surface area contributed by atoms with E-state index in [1.54, 1.807) is 18.9 Å². The first-order valence-electron chi connectivity index (χ1n) is 5.05. The number of thioether (sulfide) groups is 1. The third-order valence-corrected chi connectivity index (χ3v) is 3.64. The van der Waals surface area contributed by atoms with E-state index in [4.69, 9.17) is 9.84 Å². The summed E-state index contributed by atoms with van der Waals surface area (Å²) in [6.45, 7) is 4.04. The predicted molar refractivity (Wildman–Crippen MR) is 65.4 cm³/mol. The van der Waals surface area contributed by atoms with Crippen molar-refractivity contribution >= 4 is 17.7 Å². The highest BCUT2D eigenvalue weighted by Gasteiger charge is 2.07. The van der Waals surface area contributed by atoms with Crippen LogP contribution in [0, 0.1) is 13.8 Å². The van der Waals surface area contributed by atoms with Gasteiger partial charge in [0, 0.05) is 10.6 Å². The van der Waals surface area contributed by atoms with Crippen molar-refractivity contribution in [2.24, 2.45) is 0 Å². The molecular weight excluding hydrogens is 224 g/mol. The maximum absolute atomic E-state index is 10.4. The summed E-state index contributed by atoms with van der Waals surface area (Å²) in [6.07, 6.45) is 0.190. The molecule has 0 saturated carbocycles. The highest BCUT2D eigenvalue weighted by atomic mass is 32.2. The molecule has 1 aromatic rings. The molecular formula is C12H16O3S. The lowest BCUT2D eigenvalue weighted by atomic mass is 10.1. The van der Waals surface area contributed by atoms with E-state index in [2.05, 4.69) is 0 Å². The topological polar surface area (TPSA) is 46.5 Å². The minimum absolute atomic E-state index is 0.190. The summed E-state index contributed by atoms with van der Waals surface area (Å²) in [4.78, 5) is 11.5. The molecule has 0 amide bonds. The van der Waals surface area contributed by atoms with Crippen molar-refractivity contribution in [3.8, 4) is 5.75 Å². The monoisotopic (exact) mass is 240 g/mol. The lowest BCUT2D eigenvalue weighted by molar-refractivity contribution is -0.136. The molecule has 0 aliphatic carbocycles. The smallest absolute Gasteiger partial charge is 0.304 e. The molecule has 3 nitrogen and oxygen atoms in total. The Morgan fingerprint density at radius 1 is 1.38 bits per heavy atom. The molecule has 1 rings (SSSR count). The number of carbonyl (C=O) groups is 1. The number of aliphatic carboxylic acids is 1. The largest absolute Gasteiger partial charge is 0.496 e. The van der Waals surface area contributed by atoms with Gasteiger partial charge in [0.15, 0.2) is 0 Å². The Morgan fingerprint density at radius 2 is 2.06 bits per heavy atom. The van der Waals surface area contributed by atoms with Crippen LogP contribution in [-0.4, -0.2) is 23.9 Å². The molecule has 1 aromatic carbocycles. The Labute approximate surface area is 99.8 Å². The first kappa shape index (κ1) is 12.9. The van der Waals surface area contributed by atoms with E-state index in [0.717, 1.165) is 21.8 Å². The molecule has 1 N–H and O–H groups in total. The Kier molecular flexibility index (Phi) is 4.68. The molecule has 0 radical (unpaired) electrons. The summed E-state index contributed by atoms with van der Waals surface area (Å²) in [7, 11) is 1.65. The van der Waals surface area contributed by atoms with Gasteiger partial charge in [0.1, 0.15) is 5.75 Å². The van der Waals surface area contributed by atoms with Gasteiger partial charge in [-0.2, -0.15) is 0 Å². The summed E-state index contributed by atoms with van der Waals surface area (Å²) in [5.74, 6) is 0.720. The lowest BCUT2D eigenvalue weighted by Gasteiger charge is -2.11. The fourth-order valence-corrected chi connectivity index (χ4v) is 2.43. The molecule has 0 saturated heterocycles. The zero-order valence-corrected chi connectivity index (χ0v) is 10.6. The fraction of sp³-hybridized carbons (Fsp3) is 0.417. The third-order valence-electron chi connectivity index (χ3n) is 2.48. The molecule has 0 heterocycles. The van der Waals surface area contributed by atoms with Crippen LogP contribution in [0.2, 0.25) is 0 Å². The van der Waals surface area contributed by atoms with Crippen LogP contribution in [0.4, 0.5) is 0 Å². The Morgan fingerprint density at radius 3 is 2.62 bits per heavy atom. The molecule has 88 valence electrons. The van der Waals surface area contributed by atoms with Crippen LogP contribution in [0.25, 0.3) is 0 Å². The molecule has 0 unspecified atom stereocenters. The van der Waals surface area contributed by atoms with Gasteiger partial charge in [-0.25, -0.2) is 0 Å². The minimum atomic E-state index is -0.754. The van der Waals surface area contributed by atoms with Gasteiger partial charge in [-0.15, -0.1) is 11.8 Å². The van der Waals surface area contributed by atoms with E-state index in [1.165, 1.54) is 0 Å². The number of methoxy groups -OCH3 is 1. The van der Waals surface area contributed by atoms with Crippen molar-refractivity contribution in [2.45, 2.75) is 25.2 Å². The summed E-state index contributed by atoms with van der Waals surface area (Å²) < 4.78 is 5.22. The van der Waals surface area contributed by atoms with Gasteiger partial charge in [0.25, 0.3) is 0 Å². The molecule has 0 bridgehead atoms. The van der Waals surface area contributed by atoms with Gasteiger partial charge in [-0.05, 0) is 37.1 Å². The SMILES string of the molecule is COc1ccc(SCCC(=O)O)c(C)c1C. The van der Waals surface area contributed by atoms with E-state index in [9.17, 15) is 4.79 Å². The van der Waals surface area contributed by atoms with Gasteiger partial charge >= 0.3 is 5.97 Å². The van der Waals surface area contributed by atoms with Gasteiger partial charge < -0.3 is 9.84 Å².